The topological polar surface area (TPSA) is 69.6 Å². The van der Waals surface area contributed by atoms with Gasteiger partial charge in [-0.3, -0.25) is 0 Å². The number of tetrazole rings is 1. The van der Waals surface area contributed by atoms with Gasteiger partial charge in [-0.1, -0.05) is 11.6 Å². The van der Waals surface area contributed by atoms with Crippen molar-refractivity contribution >= 4 is 17.3 Å². The van der Waals surface area contributed by atoms with Crippen molar-refractivity contribution in [1.82, 2.24) is 20.2 Å². The molecule has 0 aliphatic heterocycles. The molecule has 18 heavy (non-hydrogen) atoms. The van der Waals surface area contributed by atoms with Crippen molar-refractivity contribution < 1.29 is 0 Å². The Hall–Kier alpha value is -1.62. The Morgan fingerprint density at radius 3 is 2.89 bits per heavy atom. The van der Waals surface area contributed by atoms with E-state index in [1.807, 2.05) is 16.8 Å². The summed E-state index contributed by atoms with van der Waals surface area (Å²) in [4.78, 5) is 0. The van der Waals surface area contributed by atoms with Crippen LogP contribution in [0.3, 0.4) is 0 Å². The van der Waals surface area contributed by atoms with Crippen LogP contribution in [0, 0.1) is 5.92 Å². The first-order chi connectivity index (χ1) is 8.66. The zero-order valence-electron chi connectivity index (χ0n) is 10.0. The Labute approximate surface area is 110 Å². The zero-order chi connectivity index (χ0) is 12.7. The van der Waals surface area contributed by atoms with E-state index < -0.39 is 0 Å². The normalized spacial score (nSPS) is 16.8. The van der Waals surface area contributed by atoms with Gasteiger partial charge in [-0.15, -0.1) is 5.10 Å². The van der Waals surface area contributed by atoms with Crippen LogP contribution >= 0.6 is 11.6 Å². The van der Waals surface area contributed by atoms with Gasteiger partial charge < -0.3 is 5.73 Å². The van der Waals surface area contributed by atoms with E-state index in [0.717, 1.165) is 5.56 Å². The molecule has 2 N–H and O–H groups in total. The molecule has 1 aromatic carbocycles. The monoisotopic (exact) mass is 263 g/mol. The highest BCUT2D eigenvalue weighted by molar-refractivity contribution is 6.33. The van der Waals surface area contributed by atoms with E-state index in [-0.39, 0.29) is 0 Å². The molecule has 0 saturated heterocycles. The minimum Gasteiger partial charge on any atom is -0.399 e. The Kier molecular flexibility index (Phi) is 2.70. The van der Waals surface area contributed by atoms with E-state index in [0.29, 0.717) is 28.5 Å². The molecule has 2 aromatic rings. The van der Waals surface area contributed by atoms with Crippen LogP contribution in [0.5, 0.6) is 0 Å². The van der Waals surface area contributed by atoms with Gasteiger partial charge in [-0.2, -0.15) is 0 Å². The standard InChI is InChI=1S/C12H14ClN5/c1-7(8-2-3-8)18-12(15-16-17-18)10-5-4-9(14)6-11(10)13/h4-8H,2-3,14H2,1H3. The van der Waals surface area contributed by atoms with Crippen LogP contribution in [0.15, 0.2) is 18.2 Å². The third-order valence-electron chi connectivity index (χ3n) is 3.42. The molecule has 1 atom stereocenters. The predicted octanol–water partition coefficient (Wildman–Crippen LogP) is 2.55. The van der Waals surface area contributed by atoms with Gasteiger partial charge >= 0.3 is 0 Å². The van der Waals surface area contributed by atoms with Crippen molar-refractivity contribution in [2.45, 2.75) is 25.8 Å². The second-order valence-corrected chi connectivity index (χ2v) is 5.17. The van der Waals surface area contributed by atoms with Gasteiger partial charge in [-0.05, 0) is 54.3 Å². The molecule has 6 heteroatoms. The molecule has 1 fully saturated rings. The Bertz CT molecular complexity index is 576. The minimum atomic E-state index is 0.309. The van der Waals surface area contributed by atoms with Crippen molar-refractivity contribution in [3.05, 3.63) is 23.2 Å². The van der Waals surface area contributed by atoms with Crippen molar-refractivity contribution in [3.63, 3.8) is 0 Å². The minimum absolute atomic E-state index is 0.309. The highest BCUT2D eigenvalue weighted by Gasteiger charge is 2.31. The summed E-state index contributed by atoms with van der Waals surface area (Å²) < 4.78 is 1.86. The highest BCUT2D eigenvalue weighted by Crippen LogP contribution is 2.40. The highest BCUT2D eigenvalue weighted by atomic mass is 35.5. The second-order valence-electron chi connectivity index (χ2n) is 4.76. The van der Waals surface area contributed by atoms with Crippen molar-refractivity contribution in [3.8, 4) is 11.4 Å². The Morgan fingerprint density at radius 1 is 1.44 bits per heavy atom. The number of benzene rings is 1. The number of hydrogen-bond acceptors (Lipinski definition) is 4. The summed E-state index contributed by atoms with van der Waals surface area (Å²) in [6, 6.07) is 5.70. The van der Waals surface area contributed by atoms with E-state index in [4.69, 9.17) is 17.3 Å². The number of rotatable bonds is 3. The van der Waals surface area contributed by atoms with E-state index in [2.05, 4.69) is 22.4 Å². The van der Waals surface area contributed by atoms with Gasteiger partial charge in [-0.25, -0.2) is 4.68 Å². The first kappa shape index (κ1) is 11.5. The quantitative estimate of drug-likeness (QED) is 0.864. The van der Waals surface area contributed by atoms with Gasteiger partial charge in [0.15, 0.2) is 5.82 Å². The van der Waals surface area contributed by atoms with E-state index in [1.54, 1.807) is 6.07 Å². The summed E-state index contributed by atoms with van der Waals surface area (Å²) in [5, 5.41) is 12.5. The van der Waals surface area contributed by atoms with Crippen LogP contribution in [-0.2, 0) is 0 Å². The van der Waals surface area contributed by atoms with Gasteiger partial charge in [0.05, 0.1) is 11.1 Å². The smallest absolute Gasteiger partial charge is 0.183 e. The maximum absolute atomic E-state index is 6.20. The number of anilines is 1. The number of nitrogen functional groups attached to an aromatic ring is 1. The predicted molar refractivity (Wildman–Crippen MR) is 70.1 cm³/mol. The fourth-order valence-corrected chi connectivity index (χ4v) is 2.41. The molecule has 1 saturated carbocycles. The van der Waals surface area contributed by atoms with Crippen molar-refractivity contribution in [2.75, 3.05) is 5.73 Å². The number of nitrogens with two attached hydrogens (primary N) is 1. The van der Waals surface area contributed by atoms with E-state index in [9.17, 15) is 0 Å². The lowest BCUT2D eigenvalue weighted by atomic mass is 10.1. The lowest BCUT2D eigenvalue weighted by molar-refractivity contribution is 0.433. The molecule has 1 aliphatic rings. The molecule has 0 amide bonds. The van der Waals surface area contributed by atoms with Crippen LogP contribution < -0.4 is 5.73 Å². The zero-order valence-corrected chi connectivity index (χ0v) is 10.8. The summed E-state index contributed by atoms with van der Waals surface area (Å²) in [6.45, 7) is 2.14. The van der Waals surface area contributed by atoms with Crippen LogP contribution in [0.1, 0.15) is 25.8 Å². The molecule has 1 aromatic heterocycles. The Balaban J connectivity index is 2.03. The summed E-state index contributed by atoms with van der Waals surface area (Å²) in [5.74, 6) is 1.39. The molecule has 5 nitrogen and oxygen atoms in total. The van der Waals surface area contributed by atoms with Crippen LogP contribution in [0.2, 0.25) is 5.02 Å². The molecule has 1 heterocycles. The number of aromatic nitrogens is 4. The molecular formula is C12H14ClN5. The fourth-order valence-electron chi connectivity index (χ4n) is 2.14. The number of halogens is 1. The summed E-state index contributed by atoms with van der Waals surface area (Å²) >= 11 is 6.20. The van der Waals surface area contributed by atoms with Crippen LogP contribution in [0.4, 0.5) is 5.69 Å². The molecule has 3 rings (SSSR count). The maximum Gasteiger partial charge on any atom is 0.183 e. The average Bonchev–Trinajstić information content (AvgIpc) is 3.07. The third kappa shape index (κ3) is 1.95. The van der Waals surface area contributed by atoms with Gasteiger partial charge in [0.25, 0.3) is 0 Å². The van der Waals surface area contributed by atoms with E-state index in [1.165, 1.54) is 12.8 Å². The number of nitrogens with zero attached hydrogens (tertiary/aromatic N) is 4. The van der Waals surface area contributed by atoms with E-state index >= 15 is 0 Å². The first-order valence-corrected chi connectivity index (χ1v) is 6.38. The molecule has 1 aliphatic carbocycles. The van der Waals surface area contributed by atoms with Gasteiger partial charge in [0.2, 0.25) is 0 Å². The summed E-state index contributed by atoms with van der Waals surface area (Å²) in [6.07, 6.45) is 2.49. The molecule has 0 bridgehead atoms. The molecule has 1 unspecified atom stereocenters. The summed E-state index contributed by atoms with van der Waals surface area (Å²) in [7, 11) is 0. The lowest BCUT2D eigenvalue weighted by Crippen LogP contribution is -2.11. The van der Waals surface area contributed by atoms with Gasteiger partial charge in [0.1, 0.15) is 0 Å². The number of hydrogen-bond donors (Lipinski definition) is 1. The molecule has 0 radical (unpaired) electrons. The molecule has 0 spiro atoms. The molecule has 94 valence electrons. The van der Waals surface area contributed by atoms with Crippen LogP contribution in [0.25, 0.3) is 11.4 Å². The fraction of sp³-hybridized carbons (Fsp3) is 0.417. The average molecular weight is 264 g/mol. The lowest BCUT2D eigenvalue weighted by Gasteiger charge is -2.13. The Morgan fingerprint density at radius 2 is 2.22 bits per heavy atom. The molecular weight excluding hydrogens is 250 g/mol. The first-order valence-electron chi connectivity index (χ1n) is 6.00. The van der Waals surface area contributed by atoms with Crippen LogP contribution in [-0.4, -0.2) is 20.2 Å². The second kappa shape index (κ2) is 4.24. The maximum atomic E-state index is 6.20. The van der Waals surface area contributed by atoms with Crippen molar-refractivity contribution in [2.24, 2.45) is 5.92 Å². The largest absolute Gasteiger partial charge is 0.399 e. The third-order valence-corrected chi connectivity index (χ3v) is 3.73. The van der Waals surface area contributed by atoms with Crippen molar-refractivity contribution in [1.29, 1.82) is 0 Å². The summed E-state index contributed by atoms with van der Waals surface area (Å²) in [5.41, 5.74) is 7.15. The SMILES string of the molecule is CC(C1CC1)n1nnnc1-c1ccc(N)cc1Cl. The van der Waals surface area contributed by atoms with Gasteiger partial charge in [0, 0.05) is 11.3 Å².